The van der Waals surface area contributed by atoms with Gasteiger partial charge < -0.3 is 15.7 Å². The van der Waals surface area contributed by atoms with Crippen LogP contribution in [0.3, 0.4) is 0 Å². The molecule has 3 N–H and O–H groups in total. The third-order valence-corrected chi connectivity index (χ3v) is 3.98. The zero-order valence-electron chi connectivity index (χ0n) is 14.7. The number of anilines is 3. The van der Waals surface area contributed by atoms with Crippen LogP contribution in [0.25, 0.3) is 0 Å². The van der Waals surface area contributed by atoms with Gasteiger partial charge in [0.15, 0.2) is 0 Å². The molecule has 0 spiro atoms. The number of aromatic carboxylic acids is 1. The van der Waals surface area contributed by atoms with Crippen LogP contribution >= 0.6 is 0 Å². The summed E-state index contributed by atoms with van der Waals surface area (Å²) in [5, 5.41) is 15.7. The Kier molecular flexibility index (Phi) is 5.12. The highest BCUT2D eigenvalue weighted by atomic mass is 16.4. The van der Waals surface area contributed by atoms with Gasteiger partial charge in [0.05, 0.1) is 11.3 Å². The maximum absolute atomic E-state index is 11.4. The smallest absolute Gasteiger partial charge is 0.337 e. The molecule has 1 heterocycles. The first-order chi connectivity index (χ1) is 12.5. The fraction of sp³-hybridized carbons (Fsp3) is 0.150. The topological polar surface area (TPSA) is 87.1 Å². The summed E-state index contributed by atoms with van der Waals surface area (Å²) in [4.78, 5) is 20.1. The van der Waals surface area contributed by atoms with Crippen molar-refractivity contribution in [1.29, 1.82) is 0 Å². The van der Waals surface area contributed by atoms with E-state index in [0.29, 0.717) is 29.7 Å². The van der Waals surface area contributed by atoms with Crippen molar-refractivity contribution in [2.75, 3.05) is 10.6 Å². The molecule has 0 radical (unpaired) electrons. The lowest BCUT2D eigenvalue weighted by Crippen LogP contribution is -2.07. The summed E-state index contributed by atoms with van der Waals surface area (Å²) in [6, 6.07) is 16.6. The van der Waals surface area contributed by atoms with Crippen LogP contribution in [0.15, 0.2) is 54.6 Å². The zero-order chi connectivity index (χ0) is 18.5. The molecule has 0 saturated carbocycles. The third-order valence-electron chi connectivity index (χ3n) is 3.98. The predicted octanol–water partition coefficient (Wildman–Crippen LogP) is 4.15. The SMILES string of the molecule is Cc1nc(NCc2ccccc2C)cc(Nc2ccccc2C(=O)O)n1. The minimum Gasteiger partial charge on any atom is -0.478 e. The van der Waals surface area contributed by atoms with Gasteiger partial charge >= 0.3 is 5.97 Å². The summed E-state index contributed by atoms with van der Waals surface area (Å²) in [6.45, 7) is 4.51. The Morgan fingerprint density at radius 1 is 1.00 bits per heavy atom. The molecule has 0 aliphatic carbocycles. The first-order valence-corrected chi connectivity index (χ1v) is 8.26. The van der Waals surface area contributed by atoms with Gasteiger partial charge in [-0.05, 0) is 37.1 Å². The van der Waals surface area contributed by atoms with E-state index in [1.165, 1.54) is 11.1 Å². The largest absolute Gasteiger partial charge is 0.478 e. The number of nitrogens with one attached hydrogen (secondary N) is 2. The summed E-state index contributed by atoms with van der Waals surface area (Å²) < 4.78 is 0. The number of hydrogen-bond donors (Lipinski definition) is 3. The first kappa shape index (κ1) is 17.4. The van der Waals surface area contributed by atoms with Crippen molar-refractivity contribution in [3.63, 3.8) is 0 Å². The fourth-order valence-electron chi connectivity index (χ4n) is 2.63. The van der Waals surface area contributed by atoms with Gasteiger partial charge in [0.1, 0.15) is 17.5 Å². The summed E-state index contributed by atoms with van der Waals surface area (Å²) >= 11 is 0. The van der Waals surface area contributed by atoms with Crippen molar-refractivity contribution < 1.29 is 9.90 Å². The summed E-state index contributed by atoms with van der Waals surface area (Å²) in [7, 11) is 0. The summed E-state index contributed by atoms with van der Waals surface area (Å²) in [6.07, 6.45) is 0. The first-order valence-electron chi connectivity index (χ1n) is 8.26. The number of carboxylic acids is 1. The van der Waals surface area contributed by atoms with Crippen LogP contribution in [-0.4, -0.2) is 21.0 Å². The molecule has 6 nitrogen and oxygen atoms in total. The molecular weight excluding hydrogens is 328 g/mol. The fourth-order valence-corrected chi connectivity index (χ4v) is 2.63. The van der Waals surface area contributed by atoms with Crippen LogP contribution in [0.5, 0.6) is 0 Å². The van der Waals surface area contributed by atoms with Crippen molar-refractivity contribution in [2.24, 2.45) is 0 Å². The Hall–Kier alpha value is -3.41. The Labute approximate surface area is 152 Å². The van der Waals surface area contributed by atoms with E-state index in [1.807, 2.05) is 12.1 Å². The van der Waals surface area contributed by atoms with E-state index in [0.717, 1.165) is 0 Å². The summed E-state index contributed by atoms with van der Waals surface area (Å²) in [5.41, 5.74) is 3.08. The molecule has 0 unspecified atom stereocenters. The molecular formula is C20H20N4O2. The lowest BCUT2D eigenvalue weighted by atomic mass is 10.1. The molecule has 2 aromatic carbocycles. The number of carboxylic acid groups (broad SMARTS) is 1. The number of rotatable bonds is 6. The van der Waals surface area contributed by atoms with Crippen LogP contribution in [0.1, 0.15) is 27.3 Å². The van der Waals surface area contributed by atoms with Gasteiger partial charge in [-0.2, -0.15) is 0 Å². The molecule has 6 heteroatoms. The minimum absolute atomic E-state index is 0.193. The lowest BCUT2D eigenvalue weighted by Gasteiger charge is -2.12. The van der Waals surface area contributed by atoms with Crippen molar-refractivity contribution in [2.45, 2.75) is 20.4 Å². The number of aromatic nitrogens is 2. The highest BCUT2D eigenvalue weighted by Crippen LogP contribution is 2.21. The van der Waals surface area contributed by atoms with Crippen LogP contribution < -0.4 is 10.6 Å². The highest BCUT2D eigenvalue weighted by Gasteiger charge is 2.10. The van der Waals surface area contributed by atoms with Gasteiger partial charge in [0, 0.05) is 12.6 Å². The second-order valence-corrected chi connectivity index (χ2v) is 5.94. The average molecular weight is 348 g/mol. The van der Waals surface area contributed by atoms with E-state index < -0.39 is 5.97 Å². The predicted molar refractivity (Wildman–Crippen MR) is 102 cm³/mol. The Bertz CT molecular complexity index is 941. The second kappa shape index (κ2) is 7.65. The molecule has 1 aromatic heterocycles. The molecule has 26 heavy (non-hydrogen) atoms. The van der Waals surface area contributed by atoms with Crippen LogP contribution in [0, 0.1) is 13.8 Å². The molecule has 3 rings (SSSR count). The normalized spacial score (nSPS) is 10.4. The van der Waals surface area contributed by atoms with Gasteiger partial charge in [-0.15, -0.1) is 0 Å². The number of hydrogen-bond acceptors (Lipinski definition) is 5. The lowest BCUT2D eigenvalue weighted by molar-refractivity contribution is 0.0698. The molecule has 0 aliphatic heterocycles. The van der Waals surface area contributed by atoms with E-state index in [9.17, 15) is 9.90 Å². The Balaban J connectivity index is 1.80. The van der Waals surface area contributed by atoms with Gasteiger partial charge in [0.25, 0.3) is 0 Å². The van der Waals surface area contributed by atoms with E-state index in [2.05, 4.69) is 39.7 Å². The van der Waals surface area contributed by atoms with Gasteiger partial charge in [-0.25, -0.2) is 14.8 Å². The van der Waals surface area contributed by atoms with E-state index in [-0.39, 0.29) is 5.56 Å². The molecule has 0 atom stereocenters. The third kappa shape index (κ3) is 4.16. The Morgan fingerprint density at radius 3 is 2.46 bits per heavy atom. The quantitative estimate of drug-likeness (QED) is 0.620. The van der Waals surface area contributed by atoms with Gasteiger partial charge in [0.2, 0.25) is 0 Å². The molecule has 0 aliphatic rings. The van der Waals surface area contributed by atoms with Gasteiger partial charge in [-0.3, -0.25) is 0 Å². The van der Waals surface area contributed by atoms with E-state index >= 15 is 0 Å². The molecule has 0 bridgehead atoms. The minimum atomic E-state index is -0.989. The van der Waals surface area contributed by atoms with Crippen LogP contribution in [-0.2, 0) is 6.54 Å². The number of nitrogens with zero attached hydrogens (tertiary/aromatic N) is 2. The zero-order valence-corrected chi connectivity index (χ0v) is 14.7. The van der Waals surface area contributed by atoms with Crippen molar-refractivity contribution in [1.82, 2.24) is 9.97 Å². The molecule has 3 aromatic rings. The number of benzene rings is 2. The molecule has 0 saturated heterocycles. The van der Waals surface area contributed by atoms with Crippen molar-refractivity contribution in [3.8, 4) is 0 Å². The number of aryl methyl sites for hydroxylation is 2. The van der Waals surface area contributed by atoms with E-state index in [1.54, 1.807) is 37.3 Å². The van der Waals surface area contributed by atoms with Crippen LogP contribution in [0.4, 0.5) is 17.3 Å². The second-order valence-electron chi connectivity index (χ2n) is 5.94. The van der Waals surface area contributed by atoms with Crippen LogP contribution in [0.2, 0.25) is 0 Å². The average Bonchev–Trinajstić information content (AvgIpc) is 2.61. The Morgan fingerprint density at radius 2 is 1.69 bits per heavy atom. The monoisotopic (exact) mass is 348 g/mol. The summed E-state index contributed by atoms with van der Waals surface area (Å²) in [5.74, 6) is 0.821. The maximum Gasteiger partial charge on any atom is 0.337 e. The molecule has 0 fully saturated rings. The highest BCUT2D eigenvalue weighted by molar-refractivity contribution is 5.95. The standard InChI is InChI=1S/C20H20N4O2/c1-13-7-3-4-8-15(13)12-21-18-11-19(23-14(2)22-18)24-17-10-6-5-9-16(17)20(25)26/h3-11H,12H2,1-2H3,(H,25,26)(H2,21,22,23,24). The molecule has 132 valence electrons. The maximum atomic E-state index is 11.4. The van der Waals surface area contributed by atoms with Crippen molar-refractivity contribution in [3.05, 3.63) is 77.1 Å². The molecule has 0 amide bonds. The van der Waals surface area contributed by atoms with Crippen molar-refractivity contribution >= 4 is 23.3 Å². The van der Waals surface area contributed by atoms with Gasteiger partial charge in [-0.1, -0.05) is 36.4 Å². The number of para-hydroxylation sites is 1. The van der Waals surface area contributed by atoms with E-state index in [4.69, 9.17) is 0 Å². The number of carbonyl (C=O) groups is 1.